The Morgan fingerprint density at radius 3 is 2.37 bits per heavy atom. The van der Waals surface area contributed by atoms with Gasteiger partial charge in [-0.25, -0.2) is 0 Å². The maximum Gasteiger partial charge on any atom is 0.251 e. The van der Waals surface area contributed by atoms with Gasteiger partial charge < -0.3 is 5.32 Å². The number of hydrogen-bond acceptors (Lipinski definition) is 1. The summed E-state index contributed by atoms with van der Waals surface area (Å²) >= 11 is 3.50. The Morgan fingerprint density at radius 1 is 1.11 bits per heavy atom. The van der Waals surface area contributed by atoms with Crippen LogP contribution in [0.25, 0.3) is 0 Å². The molecule has 0 fully saturated rings. The molecule has 0 saturated heterocycles. The second-order valence-corrected chi connectivity index (χ2v) is 5.44. The van der Waals surface area contributed by atoms with E-state index in [0.29, 0.717) is 5.56 Å². The van der Waals surface area contributed by atoms with Crippen molar-refractivity contribution >= 4 is 21.8 Å². The molecular weight excluding hydrogens is 302 g/mol. The number of halogens is 1. The smallest absolute Gasteiger partial charge is 0.251 e. The van der Waals surface area contributed by atoms with Gasteiger partial charge in [0.25, 0.3) is 5.91 Å². The van der Waals surface area contributed by atoms with E-state index in [2.05, 4.69) is 21.2 Å². The predicted octanol–water partition coefficient (Wildman–Crippen LogP) is 4.25. The van der Waals surface area contributed by atoms with Gasteiger partial charge in [0.2, 0.25) is 0 Å². The van der Waals surface area contributed by atoms with Crippen molar-refractivity contribution in [3.8, 4) is 0 Å². The maximum absolute atomic E-state index is 12.1. The minimum absolute atomic E-state index is 0.0376. The Balaban J connectivity index is 2.11. The lowest BCUT2D eigenvalue weighted by Gasteiger charge is -2.16. The highest BCUT2D eigenvalue weighted by molar-refractivity contribution is 9.10. The highest BCUT2D eigenvalue weighted by atomic mass is 79.9. The summed E-state index contributed by atoms with van der Waals surface area (Å²) in [6.07, 6.45) is 0. The number of carbonyl (C=O) groups excluding carboxylic acids is 1. The number of aryl methyl sites for hydroxylation is 1. The Labute approximate surface area is 122 Å². The van der Waals surface area contributed by atoms with Crippen molar-refractivity contribution in [1.82, 2.24) is 5.32 Å². The molecule has 98 valence electrons. The van der Waals surface area contributed by atoms with Crippen molar-refractivity contribution in [3.05, 3.63) is 69.7 Å². The quantitative estimate of drug-likeness (QED) is 0.901. The molecule has 0 bridgehead atoms. The summed E-state index contributed by atoms with van der Waals surface area (Å²) in [5.41, 5.74) is 2.91. The number of benzene rings is 2. The lowest BCUT2D eigenvalue weighted by Crippen LogP contribution is -2.26. The first-order chi connectivity index (χ1) is 9.08. The van der Waals surface area contributed by atoms with Crippen molar-refractivity contribution in [1.29, 1.82) is 0 Å². The van der Waals surface area contributed by atoms with E-state index in [-0.39, 0.29) is 11.9 Å². The molecule has 1 amide bonds. The normalized spacial score (nSPS) is 11.9. The molecule has 0 heterocycles. The number of hydrogen-bond donors (Lipinski definition) is 1. The fourth-order valence-electron chi connectivity index (χ4n) is 1.89. The van der Waals surface area contributed by atoms with Crippen LogP contribution in [0.3, 0.4) is 0 Å². The number of rotatable bonds is 3. The van der Waals surface area contributed by atoms with E-state index in [1.54, 1.807) is 0 Å². The van der Waals surface area contributed by atoms with E-state index in [4.69, 9.17) is 0 Å². The summed E-state index contributed by atoms with van der Waals surface area (Å²) < 4.78 is 1.01. The van der Waals surface area contributed by atoms with Crippen molar-refractivity contribution in [2.45, 2.75) is 19.9 Å². The largest absolute Gasteiger partial charge is 0.345 e. The molecule has 1 N–H and O–H groups in total. The molecule has 1 unspecified atom stereocenters. The Morgan fingerprint density at radius 2 is 1.74 bits per heavy atom. The summed E-state index contributed by atoms with van der Waals surface area (Å²) in [7, 11) is 0. The standard InChI is InChI=1S/C16H16BrNO/c1-11-7-9-13(10-8-11)16(19)18-12(2)14-5-3-4-6-15(14)17/h3-10,12H,1-2H3,(H,18,19). The fourth-order valence-corrected chi connectivity index (χ4v) is 2.52. The average Bonchev–Trinajstić information content (AvgIpc) is 2.39. The fraction of sp³-hybridized carbons (Fsp3) is 0.188. The summed E-state index contributed by atoms with van der Waals surface area (Å²) in [5, 5.41) is 3.00. The van der Waals surface area contributed by atoms with Crippen LogP contribution in [0.4, 0.5) is 0 Å². The van der Waals surface area contributed by atoms with Crippen LogP contribution < -0.4 is 5.32 Å². The lowest BCUT2D eigenvalue weighted by atomic mass is 10.1. The first-order valence-electron chi connectivity index (χ1n) is 6.20. The van der Waals surface area contributed by atoms with Gasteiger partial charge in [-0.1, -0.05) is 51.8 Å². The molecule has 0 saturated carbocycles. The molecule has 19 heavy (non-hydrogen) atoms. The van der Waals surface area contributed by atoms with Gasteiger partial charge in [-0.15, -0.1) is 0 Å². The van der Waals surface area contributed by atoms with Crippen LogP contribution in [-0.4, -0.2) is 5.91 Å². The zero-order chi connectivity index (χ0) is 13.8. The van der Waals surface area contributed by atoms with Gasteiger partial charge in [-0.05, 0) is 37.6 Å². The van der Waals surface area contributed by atoms with Gasteiger partial charge in [-0.2, -0.15) is 0 Å². The zero-order valence-electron chi connectivity index (χ0n) is 11.0. The molecule has 2 aromatic rings. The van der Waals surface area contributed by atoms with Crippen LogP contribution in [0, 0.1) is 6.92 Å². The van der Waals surface area contributed by atoms with Gasteiger partial charge in [0.15, 0.2) is 0 Å². The third-order valence-corrected chi connectivity index (χ3v) is 3.76. The summed E-state index contributed by atoms with van der Waals surface area (Å²) in [4.78, 5) is 12.1. The first kappa shape index (κ1) is 13.8. The van der Waals surface area contributed by atoms with E-state index in [1.165, 1.54) is 0 Å². The molecular formula is C16H16BrNO. The number of carbonyl (C=O) groups is 1. The molecule has 0 spiro atoms. The molecule has 3 heteroatoms. The Kier molecular flexibility index (Phi) is 4.38. The monoisotopic (exact) mass is 317 g/mol. The van der Waals surface area contributed by atoms with Gasteiger partial charge in [0.05, 0.1) is 6.04 Å². The van der Waals surface area contributed by atoms with E-state index in [9.17, 15) is 4.79 Å². The topological polar surface area (TPSA) is 29.1 Å². The molecule has 2 aromatic carbocycles. The van der Waals surface area contributed by atoms with Crippen LogP contribution in [-0.2, 0) is 0 Å². The van der Waals surface area contributed by atoms with Crippen molar-refractivity contribution < 1.29 is 4.79 Å². The summed E-state index contributed by atoms with van der Waals surface area (Å²) in [6.45, 7) is 3.98. The minimum Gasteiger partial charge on any atom is -0.345 e. The van der Waals surface area contributed by atoms with E-state index >= 15 is 0 Å². The molecule has 0 radical (unpaired) electrons. The SMILES string of the molecule is Cc1ccc(C(=O)NC(C)c2ccccc2Br)cc1. The zero-order valence-corrected chi connectivity index (χ0v) is 12.6. The van der Waals surface area contributed by atoms with E-state index < -0.39 is 0 Å². The van der Waals surface area contributed by atoms with Crippen LogP contribution in [0.1, 0.15) is 34.5 Å². The maximum atomic E-state index is 12.1. The van der Waals surface area contributed by atoms with Crippen LogP contribution >= 0.6 is 15.9 Å². The minimum atomic E-state index is -0.0525. The van der Waals surface area contributed by atoms with Crippen molar-refractivity contribution in [3.63, 3.8) is 0 Å². The van der Waals surface area contributed by atoms with Crippen molar-refractivity contribution in [2.24, 2.45) is 0 Å². The average molecular weight is 318 g/mol. The first-order valence-corrected chi connectivity index (χ1v) is 6.99. The lowest BCUT2D eigenvalue weighted by molar-refractivity contribution is 0.0940. The van der Waals surface area contributed by atoms with Gasteiger partial charge in [0.1, 0.15) is 0 Å². The molecule has 1 atom stereocenters. The second kappa shape index (κ2) is 6.02. The van der Waals surface area contributed by atoms with Gasteiger partial charge in [0, 0.05) is 10.0 Å². The molecule has 0 aliphatic heterocycles. The third-order valence-electron chi connectivity index (χ3n) is 3.03. The Bertz CT molecular complexity index is 578. The van der Waals surface area contributed by atoms with E-state index in [1.807, 2.05) is 62.4 Å². The van der Waals surface area contributed by atoms with Crippen LogP contribution in [0.15, 0.2) is 53.0 Å². The van der Waals surface area contributed by atoms with Crippen LogP contribution in [0.5, 0.6) is 0 Å². The number of nitrogens with one attached hydrogen (secondary N) is 1. The van der Waals surface area contributed by atoms with Crippen LogP contribution in [0.2, 0.25) is 0 Å². The van der Waals surface area contributed by atoms with Crippen molar-refractivity contribution in [2.75, 3.05) is 0 Å². The Hall–Kier alpha value is -1.61. The molecule has 0 aromatic heterocycles. The number of amides is 1. The molecule has 2 rings (SSSR count). The van der Waals surface area contributed by atoms with E-state index in [0.717, 1.165) is 15.6 Å². The highest BCUT2D eigenvalue weighted by Gasteiger charge is 2.13. The molecule has 0 aliphatic carbocycles. The predicted molar refractivity (Wildman–Crippen MR) is 81.2 cm³/mol. The highest BCUT2D eigenvalue weighted by Crippen LogP contribution is 2.22. The molecule has 2 nitrogen and oxygen atoms in total. The summed E-state index contributed by atoms with van der Waals surface area (Å²) in [6, 6.07) is 15.4. The third kappa shape index (κ3) is 3.44. The van der Waals surface area contributed by atoms with Gasteiger partial charge in [-0.3, -0.25) is 4.79 Å². The molecule has 0 aliphatic rings. The second-order valence-electron chi connectivity index (χ2n) is 4.58. The van der Waals surface area contributed by atoms with Gasteiger partial charge >= 0.3 is 0 Å². The summed E-state index contributed by atoms with van der Waals surface area (Å²) in [5.74, 6) is -0.0525.